The molecule has 90 valence electrons. The number of rotatable bonds is 3. The van der Waals surface area contributed by atoms with Crippen molar-refractivity contribution in [1.29, 1.82) is 0 Å². The standard InChI is InChI=1S/C11H11F2N3O/c12-11(13)10-9(14)5-16(15-10)8-3-1-7(6-17)2-4-8/h1-5,11,17H,6,14H2. The van der Waals surface area contributed by atoms with Crippen LogP contribution in [-0.4, -0.2) is 14.9 Å². The first-order valence-electron chi connectivity index (χ1n) is 4.95. The van der Waals surface area contributed by atoms with Crippen LogP contribution in [0.15, 0.2) is 30.5 Å². The Labute approximate surface area is 96.3 Å². The summed E-state index contributed by atoms with van der Waals surface area (Å²) in [6.45, 7) is -0.0657. The molecule has 0 fully saturated rings. The number of halogens is 2. The van der Waals surface area contributed by atoms with Gasteiger partial charge in [-0.1, -0.05) is 12.1 Å². The maximum absolute atomic E-state index is 12.5. The molecule has 1 aromatic heterocycles. The van der Waals surface area contributed by atoms with E-state index in [0.717, 1.165) is 5.56 Å². The van der Waals surface area contributed by atoms with Crippen molar-refractivity contribution in [1.82, 2.24) is 9.78 Å². The van der Waals surface area contributed by atoms with Gasteiger partial charge in [-0.25, -0.2) is 13.5 Å². The van der Waals surface area contributed by atoms with Gasteiger partial charge in [-0.3, -0.25) is 0 Å². The molecule has 0 atom stereocenters. The Kier molecular flexibility index (Phi) is 3.06. The highest BCUT2D eigenvalue weighted by Crippen LogP contribution is 2.24. The molecule has 1 heterocycles. The van der Waals surface area contributed by atoms with Crippen LogP contribution in [0.5, 0.6) is 0 Å². The number of hydrogen-bond donors (Lipinski definition) is 2. The van der Waals surface area contributed by atoms with E-state index in [1.54, 1.807) is 24.3 Å². The summed E-state index contributed by atoms with van der Waals surface area (Å²) in [7, 11) is 0. The third-order valence-electron chi connectivity index (χ3n) is 2.36. The van der Waals surface area contributed by atoms with Crippen LogP contribution >= 0.6 is 0 Å². The summed E-state index contributed by atoms with van der Waals surface area (Å²) in [5.74, 6) is 0. The summed E-state index contributed by atoms with van der Waals surface area (Å²) in [5, 5.41) is 12.6. The van der Waals surface area contributed by atoms with E-state index >= 15 is 0 Å². The van der Waals surface area contributed by atoms with Crippen molar-refractivity contribution < 1.29 is 13.9 Å². The van der Waals surface area contributed by atoms with E-state index in [1.165, 1.54) is 10.9 Å². The molecule has 0 saturated carbocycles. The molecule has 0 aliphatic carbocycles. The van der Waals surface area contributed by atoms with Crippen LogP contribution in [0.2, 0.25) is 0 Å². The summed E-state index contributed by atoms with van der Waals surface area (Å²) in [4.78, 5) is 0. The molecule has 6 heteroatoms. The van der Waals surface area contributed by atoms with E-state index in [1.807, 2.05) is 0 Å². The van der Waals surface area contributed by atoms with Crippen molar-refractivity contribution in [2.24, 2.45) is 0 Å². The molecule has 0 saturated heterocycles. The molecule has 0 radical (unpaired) electrons. The topological polar surface area (TPSA) is 64.1 Å². The SMILES string of the molecule is Nc1cn(-c2ccc(CO)cc2)nc1C(F)F. The zero-order chi connectivity index (χ0) is 12.4. The minimum atomic E-state index is -2.69. The lowest BCUT2D eigenvalue weighted by atomic mass is 10.2. The van der Waals surface area contributed by atoms with Gasteiger partial charge < -0.3 is 10.8 Å². The number of aliphatic hydroxyl groups excluding tert-OH is 1. The van der Waals surface area contributed by atoms with E-state index in [-0.39, 0.29) is 12.3 Å². The van der Waals surface area contributed by atoms with Gasteiger partial charge >= 0.3 is 0 Å². The van der Waals surface area contributed by atoms with Crippen LogP contribution in [0.25, 0.3) is 5.69 Å². The van der Waals surface area contributed by atoms with E-state index in [2.05, 4.69) is 5.10 Å². The van der Waals surface area contributed by atoms with Gasteiger partial charge in [-0.05, 0) is 17.7 Å². The van der Waals surface area contributed by atoms with Gasteiger partial charge in [0.05, 0.1) is 24.2 Å². The summed E-state index contributed by atoms with van der Waals surface area (Å²) >= 11 is 0. The Hall–Kier alpha value is -1.95. The minimum absolute atomic E-state index is 0.0359. The fourth-order valence-corrected chi connectivity index (χ4v) is 1.46. The van der Waals surface area contributed by atoms with Crippen LogP contribution in [0.3, 0.4) is 0 Å². The monoisotopic (exact) mass is 239 g/mol. The van der Waals surface area contributed by atoms with E-state index in [4.69, 9.17) is 10.8 Å². The Bertz CT molecular complexity index is 508. The molecule has 1 aromatic carbocycles. The quantitative estimate of drug-likeness (QED) is 0.859. The van der Waals surface area contributed by atoms with Crippen molar-refractivity contribution in [2.45, 2.75) is 13.0 Å². The highest BCUT2D eigenvalue weighted by molar-refractivity contribution is 5.45. The van der Waals surface area contributed by atoms with Gasteiger partial charge in [-0.2, -0.15) is 5.10 Å². The third-order valence-corrected chi connectivity index (χ3v) is 2.36. The van der Waals surface area contributed by atoms with Gasteiger partial charge in [0.25, 0.3) is 6.43 Å². The van der Waals surface area contributed by atoms with Crippen LogP contribution in [0.4, 0.5) is 14.5 Å². The fourth-order valence-electron chi connectivity index (χ4n) is 1.46. The van der Waals surface area contributed by atoms with Gasteiger partial charge in [0.1, 0.15) is 0 Å². The second-order valence-electron chi connectivity index (χ2n) is 3.54. The maximum Gasteiger partial charge on any atom is 0.284 e. The van der Waals surface area contributed by atoms with E-state index in [0.29, 0.717) is 5.69 Å². The summed E-state index contributed by atoms with van der Waals surface area (Å²) in [6, 6.07) is 6.73. The normalized spacial score (nSPS) is 11.1. The molecule has 0 bridgehead atoms. The number of aromatic nitrogens is 2. The lowest BCUT2D eigenvalue weighted by Gasteiger charge is -2.02. The lowest BCUT2D eigenvalue weighted by molar-refractivity contribution is 0.146. The van der Waals surface area contributed by atoms with Gasteiger partial charge in [0.15, 0.2) is 5.69 Å². The summed E-state index contributed by atoms with van der Waals surface area (Å²) in [6.07, 6.45) is -1.34. The molecule has 17 heavy (non-hydrogen) atoms. The molecule has 0 aliphatic rings. The predicted molar refractivity (Wildman–Crippen MR) is 58.9 cm³/mol. The van der Waals surface area contributed by atoms with E-state index < -0.39 is 12.1 Å². The Morgan fingerprint density at radius 3 is 2.41 bits per heavy atom. The first-order chi connectivity index (χ1) is 8.11. The Balaban J connectivity index is 2.36. The van der Waals surface area contributed by atoms with E-state index in [9.17, 15) is 8.78 Å². The number of hydrogen-bond acceptors (Lipinski definition) is 3. The molecule has 0 unspecified atom stereocenters. The molecule has 3 N–H and O–H groups in total. The molecule has 0 amide bonds. The second kappa shape index (κ2) is 4.50. The van der Waals surface area contributed by atoms with Gasteiger partial charge in [-0.15, -0.1) is 0 Å². The van der Waals surface area contributed by atoms with Crippen LogP contribution in [0, 0.1) is 0 Å². The van der Waals surface area contributed by atoms with Crippen LogP contribution in [0.1, 0.15) is 17.7 Å². The largest absolute Gasteiger partial charge is 0.396 e. The fraction of sp³-hybridized carbons (Fsp3) is 0.182. The highest BCUT2D eigenvalue weighted by atomic mass is 19.3. The first kappa shape index (κ1) is 11.5. The van der Waals surface area contributed by atoms with Crippen molar-refractivity contribution >= 4 is 5.69 Å². The zero-order valence-corrected chi connectivity index (χ0v) is 8.85. The first-order valence-corrected chi connectivity index (χ1v) is 4.95. The molecule has 2 rings (SSSR count). The van der Waals surface area contributed by atoms with Gasteiger partial charge in [0, 0.05) is 0 Å². The van der Waals surface area contributed by atoms with Crippen molar-refractivity contribution in [3.05, 3.63) is 41.7 Å². The predicted octanol–water partition coefficient (Wildman–Crippen LogP) is 1.88. The number of alkyl halides is 2. The van der Waals surface area contributed by atoms with Crippen LogP contribution in [-0.2, 0) is 6.61 Å². The molecular formula is C11H11F2N3O. The third kappa shape index (κ3) is 2.26. The van der Waals surface area contributed by atoms with Crippen molar-refractivity contribution in [3.8, 4) is 5.69 Å². The Morgan fingerprint density at radius 1 is 1.29 bits per heavy atom. The number of nitrogen functional groups attached to an aromatic ring is 1. The Morgan fingerprint density at radius 2 is 1.94 bits per heavy atom. The van der Waals surface area contributed by atoms with Crippen molar-refractivity contribution in [2.75, 3.05) is 5.73 Å². The number of nitrogens with two attached hydrogens (primary N) is 1. The van der Waals surface area contributed by atoms with Gasteiger partial charge in [0.2, 0.25) is 0 Å². The van der Waals surface area contributed by atoms with Crippen LogP contribution < -0.4 is 5.73 Å². The highest BCUT2D eigenvalue weighted by Gasteiger charge is 2.16. The number of aliphatic hydroxyl groups is 1. The lowest BCUT2D eigenvalue weighted by Crippen LogP contribution is -1.97. The minimum Gasteiger partial charge on any atom is -0.396 e. The average molecular weight is 239 g/mol. The molecule has 2 aromatic rings. The molecule has 0 aliphatic heterocycles. The van der Waals surface area contributed by atoms with Crippen molar-refractivity contribution in [3.63, 3.8) is 0 Å². The number of nitrogens with zero attached hydrogens (tertiary/aromatic N) is 2. The number of benzene rings is 1. The molecule has 0 spiro atoms. The number of anilines is 1. The molecular weight excluding hydrogens is 228 g/mol. The smallest absolute Gasteiger partial charge is 0.284 e. The average Bonchev–Trinajstić information content (AvgIpc) is 2.71. The maximum atomic E-state index is 12.5. The summed E-state index contributed by atoms with van der Waals surface area (Å²) in [5.41, 5.74) is 6.33. The zero-order valence-electron chi connectivity index (χ0n) is 8.85. The second-order valence-corrected chi connectivity index (χ2v) is 3.54. The summed E-state index contributed by atoms with van der Waals surface area (Å²) < 4.78 is 26.3. The molecule has 4 nitrogen and oxygen atoms in total.